The van der Waals surface area contributed by atoms with Crippen molar-refractivity contribution in [2.75, 3.05) is 10.6 Å². The fourth-order valence-corrected chi connectivity index (χ4v) is 3.49. The van der Waals surface area contributed by atoms with E-state index in [2.05, 4.69) is 20.6 Å². The molecule has 1 aromatic carbocycles. The van der Waals surface area contributed by atoms with Crippen molar-refractivity contribution in [3.8, 4) is 0 Å². The standard InChI is InChI=1S/C18H14N4O3S/c1-10-9-14(21-16(23)13-7-4-8-25-13)26-15(10)17(24)22-18-19-11-5-2-3-6-12(11)20-18/h2-9H,1H3,(H,21,23)(H2,19,20,22,24). The van der Waals surface area contributed by atoms with E-state index in [1.54, 1.807) is 18.2 Å². The lowest BCUT2D eigenvalue weighted by atomic mass is 10.3. The minimum Gasteiger partial charge on any atom is -0.459 e. The normalized spacial score (nSPS) is 10.8. The number of aromatic nitrogens is 2. The number of furan rings is 1. The van der Waals surface area contributed by atoms with Crippen LogP contribution in [0, 0.1) is 6.92 Å². The highest BCUT2D eigenvalue weighted by Crippen LogP contribution is 2.28. The zero-order valence-electron chi connectivity index (χ0n) is 13.7. The van der Waals surface area contributed by atoms with Gasteiger partial charge in [0.25, 0.3) is 11.8 Å². The number of nitrogens with one attached hydrogen (secondary N) is 3. The van der Waals surface area contributed by atoms with Gasteiger partial charge in [-0.1, -0.05) is 12.1 Å². The highest BCUT2D eigenvalue weighted by Gasteiger charge is 2.17. The number of fused-ring (bicyclic) bond motifs is 1. The number of imidazole rings is 1. The highest BCUT2D eigenvalue weighted by atomic mass is 32.1. The molecule has 8 heteroatoms. The molecular formula is C18H14N4O3S. The summed E-state index contributed by atoms with van der Waals surface area (Å²) in [6.07, 6.45) is 1.43. The molecule has 4 rings (SSSR count). The van der Waals surface area contributed by atoms with Crippen molar-refractivity contribution in [3.63, 3.8) is 0 Å². The second-order valence-electron chi connectivity index (χ2n) is 5.61. The number of carbonyl (C=O) groups is 2. The van der Waals surface area contributed by atoms with Gasteiger partial charge < -0.3 is 14.7 Å². The Bertz CT molecular complexity index is 1060. The zero-order valence-corrected chi connectivity index (χ0v) is 14.5. The highest BCUT2D eigenvalue weighted by molar-refractivity contribution is 7.18. The van der Waals surface area contributed by atoms with E-state index in [1.807, 2.05) is 31.2 Å². The van der Waals surface area contributed by atoms with Crippen molar-refractivity contribution in [1.82, 2.24) is 9.97 Å². The molecular weight excluding hydrogens is 352 g/mol. The molecule has 26 heavy (non-hydrogen) atoms. The van der Waals surface area contributed by atoms with Gasteiger partial charge in [0.05, 0.1) is 27.2 Å². The summed E-state index contributed by atoms with van der Waals surface area (Å²) in [6, 6.07) is 12.5. The summed E-state index contributed by atoms with van der Waals surface area (Å²) < 4.78 is 5.06. The van der Waals surface area contributed by atoms with Crippen LogP contribution in [0.4, 0.5) is 10.9 Å². The molecule has 0 atom stereocenters. The van der Waals surface area contributed by atoms with Crippen LogP contribution in [0.5, 0.6) is 0 Å². The first-order valence-electron chi connectivity index (χ1n) is 7.81. The molecule has 0 aliphatic heterocycles. The maximum atomic E-state index is 12.5. The van der Waals surface area contributed by atoms with Crippen LogP contribution in [0.2, 0.25) is 0 Å². The lowest BCUT2D eigenvalue weighted by Gasteiger charge is -2.00. The van der Waals surface area contributed by atoms with Gasteiger partial charge in [0, 0.05) is 0 Å². The molecule has 4 aromatic rings. The Morgan fingerprint density at radius 1 is 1.12 bits per heavy atom. The predicted molar refractivity (Wildman–Crippen MR) is 99.8 cm³/mol. The number of carbonyl (C=O) groups excluding carboxylic acids is 2. The third kappa shape index (κ3) is 3.09. The lowest BCUT2D eigenvalue weighted by molar-refractivity contribution is 0.0995. The van der Waals surface area contributed by atoms with Gasteiger partial charge in [-0.15, -0.1) is 11.3 Å². The number of hydrogen-bond donors (Lipinski definition) is 3. The monoisotopic (exact) mass is 366 g/mol. The minimum absolute atomic E-state index is 0.212. The quantitative estimate of drug-likeness (QED) is 0.508. The number of H-pyrrole nitrogens is 1. The van der Waals surface area contributed by atoms with Crippen LogP contribution in [-0.4, -0.2) is 21.8 Å². The molecule has 130 valence electrons. The van der Waals surface area contributed by atoms with E-state index < -0.39 is 0 Å². The summed E-state index contributed by atoms with van der Waals surface area (Å²) in [5, 5.41) is 6.05. The van der Waals surface area contributed by atoms with Crippen molar-refractivity contribution in [2.45, 2.75) is 6.92 Å². The topological polar surface area (TPSA) is 100 Å². The molecule has 2 amide bonds. The van der Waals surface area contributed by atoms with Crippen LogP contribution >= 0.6 is 11.3 Å². The van der Waals surface area contributed by atoms with Crippen LogP contribution in [0.3, 0.4) is 0 Å². The van der Waals surface area contributed by atoms with Gasteiger partial charge in [0.2, 0.25) is 5.95 Å². The minimum atomic E-state index is -0.361. The number of aromatic amines is 1. The van der Waals surface area contributed by atoms with Gasteiger partial charge in [-0.25, -0.2) is 4.98 Å². The zero-order chi connectivity index (χ0) is 18.1. The fraction of sp³-hybridized carbons (Fsp3) is 0.0556. The van der Waals surface area contributed by atoms with E-state index >= 15 is 0 Å². The van der Waals surface area contributed by atoms with E-state index in [4.69, 9.17) is 4.42 Å². The Morgan fingerprint density at radius 2 is 1.96 bits per heavy atom. The van der Waals surface area contributed by atoms with Crippen molar-refractivity contribution < 1.29 is 14.0 Å². The fourth-order valence-electron chi connectivity index (χ4n) is 2.53. The molecule has 3 heterocycles. The van der Waals surface area contributed by atoms with Gasteiger partial charge in [-0.2, -0.15) is 0 Å². The van der Waals surface area contributed by atoms with Gasteiger partial charge in [-0.3, -0.25) is 14.9 Å². The Kier molecular flexibility index (Phi) is 4.02. The molecule has 0 saturated carbocycles. The Hall–Kier alpha value is -3.39. The van der Waals surface area contributed by atoms with E-state index in [-0.39, 0.29) is 17.6 Å². The number of hydrogen-bond acceptors (Lipinski definition) is 5. The first-order valence-corrected chi connectivity index (χ1v) is 8.63. The second-order valence-corrected chi connectivity index (χ2v) is 6.66. The molecule has 0 aliphatic rings. The molecule has 0 radical (unpaired) electrons. The van der Waals surface area contributed by atoms with Crippen molar-refractivity contribution in [3.05, 3.63) is 64.9 Å². The van der Waals surface area contributed by atoms with E-state index in [1.165, 1.54) is 17.6 Å². The summed E-state index contributed by atoms with van der Waals surface area (Å²) in [4.78, 5) is 32.5. The van der Waals surface area contributed by atoms with Crippen molar-refractivity contribution in [2.24, 2.45) is 0 Å². The Labute approximate surface area is 152 Å². The van der Waals surface area contributed by atoms with Gasteiger partial charge in [-0.05, 0) is 42.8 Å². The summed E-state index contributed by atoms with van der Waals surface area (Å²) >= 11 is 1.19. The van der Waals surface area contributed by atoms with Gasteiger partial charge in [0.1, 0.15) is 0 Å². The van der Waals surface area contributed by atoms with Crippen LogP contribution in [0.15, 0.2) is 53.1 Å². The summed E-state index contributed by atoms with van der Waals surface area (Å²) in [5.41, 5.74) is 2.38. The number of benzene rings is 1. The number of amides is 2. The largest absolute Gasteiger partial charge is 0.459 e. The Balaban J connectivity index is 1.51. The third-order valence-electron chi connectivity index (χ3n) is 3.73. The second kappa shape index (κ2) is 6.49. The van der Waals surface area contributed by atoms with Crippen LogP contribution in [0.1, 0.15) is 25.8 Å². The average molecular weight is 366 g/mol. The van der Waals surface area contributed by atoms with Gasteiger partial charge in [0.15, 0.2) is 5.76 Å². The number of thiophene rings is 1. The first kappa shape index (κ1) is 16.1. The number of aryl methyl sites for hydroxylation is 1. The molecule has 0 bridgehead atoms. The smallest absolute Gasteiger partial charge is 0.291 e. The molecule has 0 unspecified atom stereocenters. The molecule has 3 N–H and O–H groups in total. The average Bonchev–Trinajstić information content (AvgIpc) is 3.33. The van der Waals surface area contributed by atoms with Crippen LogP contribution < -0.4 is 10.6 Å². The van der Waals surface area contributed by atoms with Crippen molar-refractivity contribution >= 4 is 45.1 Å². The number of rotatable bonds is 4. The predicted octanol–water partition coefficient (Wildman–Crippen LogP) is 4.03. The van der Waals surface area contributed by atoms with Crippen molar-refractivity contribution in [1.29, 1.82) is 0 Å². The maximum Gasteiger partial charge on any atom is 0.291 e. The third-order valence-corrected chi connectivity index (χ3v) is 4.88. The summed E-state index contributed by atoms with van der Waals surface area (Å²) in [5.74, 6) is -0.0555. The Morgan fingerprint density at radius 3 is 2.73 bits per heavy atom. The summed E-state index contributed by atoms with van der Waals surface area (Å²) in [6.45, 7) is 1.81. The van der Waals surface area contributed by atoms with Crippen LogP contribution in [-0.2, 0) is 0 Å². The molecule has 0 fully saturated rings. The number of para-hydroxylation sites is 2. The SMILES string of the molecule is Cc1cc(NC(=O)c2ccco2)sc1C(=O)Nc1nc2ccccc2[nH]1. The molecule has 0 spiro atoms. The van der Waals surface area contributed by atoms with Crippen LogP contribution in [0.25, 0.3) is 11.0 Å². The molecule has 0 aliphatic carbocycles. The van der Waals surface area contributed by atoms with Gasteiger partial charge >= 0.3 is 0 Å². The first-order chi connectivity index (χ1) is 12.6. The van der Waals surface area contributed by atoms with E-state index in [9.17, 15) is 9.59 Å². The summed E-state index contributed by atoms with van der Waals surface area (Å²) in [7, 11) is 0. The van der Waals surface area contributed by atoms with E-state index in [0.717, 1.165) is 16.6 Å². The maximum absolute atomic E-state index is 12.5. The number of nitrogens with zero attached hydrogens (tertiary/aromatic N) is 1. The molecule has 3 aromatic heterocycles. The van der Waals surface area contributed by atoms with E-state index in [0.29, 0.717) is 15.8 Å². The lowest BCUT2D eigenvalue weighted by Crippen LogP contribution is -2.12. The molecule has 7 nitrogen and oxygen atoms in total. The number of anilines is 2. The molecule has 0 saturated heterocycles.